The minimum atomic E-state index is -4.04. The highest BCUT2D eigenvalue weighted by atomic mass is 32.2. The summed E-state index contributed by atoms with van der Waals surface area (Å²) in [6.45, 7) is 0. The van der Waals surface area contributed by atoms with Gasteiger partial charge in [-0.25, -0.2) is 0 Å². The number of para-hydroxylation sites is 1. The molecule has 112 valence electrons. The number of hydrogen-bond donors (Lipinski definition) is 2. The van der Waals surface area contributed by atoms with E-state index in [1.54, 1.807) is 18.2 Å². The maximum Gasteiger partial charge on any atom is 0.380 e. The van der Waals surface area contributed by atoms with Crippen LogP contribution in [-0.4, -0.2) is 14.3 Å². The highest BCUT2D eigenvalue weighted by Crippen LogP contribution is 2.32. The number of anilines is 1. The number of fused-ring (bicyclic) bond motifs is 1. The molecule has 0 saturated carbocycles. The zero-order valence-corrected chi connectivity index (χ0v) is 12.1. The fourth-order valence-corrected chi connectivity index (χ4v) is 2.58. The third-order valence-corrected chi connectivity index (χ3v) is 3.54. The molecule has 0 atom stereocenters. The van der Waals surface area contributed by atoms with E-state index in [-0.39, 0.29) is 11.7 Å². The molecule has 0 fully saturated rings. The Labute approximate surface area is 127 Å². The van der Waals surface area contributed by atoms with E-state index in [1.165, 1.54) is 12.1 Å². The molecule has 1 amide bonds. The maximum absolute atomic E-state index is 12.0. The Morgan fingerprint density at radius 3 is 2.41 bits per heavy atom. The Bertz CT molecular complexity index is 871. The Kier molecular flexibility index (Phi) is 3.44. The summed E-state index contributed by atoms with van der Waals surface area (Å²) < 4.78 is 26.2. The molecule has 2 aromatic rings. The summed E-state index contributed by atoms with van der Waals surface area (Å²) in [6, 6.07) is 13.6. The number of nitrogens with two attached hydrogens (primary N) is 1. The maximum atomic E-state index is 12.0. The minimum Gasteiger partial charge on any atom is -0.371 e. The lowest BCUT2D eigenvalue weighted by Crippen LogP contribution is -2.18. The van der Waals surface area contributed by atoms with Crippen LogP contribution in [0.1, 0.15) is 11.1 Å². The average molecular weight is 316 g/mol. The summed E-state index contributed by atoms with van der Waals surface area (Å²) in [7, 11) is -4.04. The van der Waals surface area contributed by atoms with E-state index in [1.807, 2.05) is 24.3 Å². The lowest BCUT2D eigenvalue weighted by Gasteiger charge is -2.03. The van der Waals surface area contributed by atoms with Crippen molar-refractivity contribution in [3.8, 4) is 5.75 Å². The van der Waals surface area contributed by atoms with Gasteiger partial charge in [-0.1, -0.05) is 30.3 Å². The Balaban J connectivity index is 1.91. The monoisotopic (exact) mass is 316 g/mol. The normalized spacial score (nSPS) is 15.5. The molecule has 0 saturated heterocycles. The third kappa shape index (κ3) is 3.00. The molecule has 22 heavy (non-hydrogen) atoms. The summed E-state index contributed by atoms with van der Waals surface area (Å²) in [4.78, 5) is 12.0. The van der Waals surface area contributed by atoms with Crippen molar-refractivity contribution >= 4 is 33.5 Å². The first-order valence-electron chi connectivity index (χ1n) is 6.37. The van der Waals surface area contributed by atoms with Crippen molar-refractivity contribution in [1.82, 2.24) is 0 Å². The third-order valence-electron chi connectivity index (χ3n) is 3.11. The van der Waals surface area contributed by atoms with E-state index in [2.05, 4.69) is 9.50 Å². The van der Waals surface area contributed by atoms with Crippen LogP contribution in [0.4, 0.5) is 5.69 Å². The van der Waals surface area contributed by atoms with Gasteiger partial charge in [0.2, 0.25) is 0 Å². The second kappa shape index (κ2) is 5.28. The number of amides is 1. The molecule has 3 N–H and O–H groups in total. The van der Waals surface area contributed by atoms with Crippen LogP contribution in [-0.2, 0) is 15.1 Å². The molecule has 6 nitrogen and oxygen atoms in total. The standard InChI is InChI=1S/C15H12N2O4S/c16-22(19,20)21-11-7-5-10(6-8-11)9-13-12-3-1-2-4-14(12)17-15(13)18/h1-9H,(H,17,18)(H2,16,19,20)/b13-9+. The van der Waals surface area contributed by atoms with E-state index in [4.69, 9.17) is 5.14 Å². The van der Waals surface area contributed by atoms with Crippen molar-refractivity contribution < 1.29 is 17.4 Å². The van der Waals surface area contributed by atoms with Crippen LogP contribution in [0, 0.1) is 0 Å². The minimum absolute atomic E-state index is 0.112. The number of carbonyl (C=O) groups excluding carboxylic acids is 1. The second-order valence-corrected chi connectivity index (χ2v) is 5.86. The fourth-order valence-electron chi connectivity index (χ4n) is 2.20. The summed E-state index contributed by atoms with van der Waals surface area (Å²) in [5.74, 6) is -0.0630. The van der Waals surface area contributed by atoms with Crippen LogP contribution in [0.2, 0.25) is 0 Å². The van der Waals surface area contributed by atoms with E-state index >= 15 is 0 Å². The first kappa shape index (κ1) is 14.3. The molecule has 0 spiro atoms. The largest absolute Gasteiger partial charge is 0.380 e. The van der Waals surface area contributed by atoms with Crippen LogP contribution >= 0.6 is 0 Å². The highest BCUT2D eigenvalue weighted by molar-refractivity contribution is 7.84. The lowest BCUT2D eigenvalue weighted by molar-refractivity contribution is -0.110. The number of benzene rings is 2. The van der Waals surface area contributed by atoms with E-state index in [0.29, 0.717) is 5.57 Å². The molecule has 7 heteroatoms. The molecule has 0 bridgehead atoms. The molecular formula is C15H12N2O4S. The van der Waals surface area contributed by atoms with E-state index < -0.39 is 10.3 Å². The van der Waals surface area contributed by atoms with Crippen molar-refractivity contribution in [3.05, 3.63) is 59.7 Å². The van der Waals surface area contributed by atoms with Gasteiger partial charge in [0.25, 0.3) is 5.91 Å². The first-order chi connectivity index (χ1) is 10.4. The molecule has 1 aliphatic heterocycles. The number of nitrogens with one attached hydrogen (secondary N) is 1. The van der Waals surface area contributed by atoms with Crippen molar-refractivity contribution in [2.45, 2.75) is 0 Å². The summed E-state index contributed by atoms with van der Waals surface area (Å²) in [5.41, 5.74) is 2.89. The Hall–Kier alpha value is -2.64. The molecule has 0 radical (unpaired) electrons. The van der Waals surface area contributed by atoms with E-state index in [9.17, 15) is 13.2 Å². The molecule has 2 aromatic carbocycles. The topological polar surface area (TPSA) is 98.5 Å². The van der Waals surface area contributed by atoms with Crippen molar-refractivity contribution in [2.75, 3.05) is 5.32 Å². The number of carbonyl (C=O) groups is 1. The number of hydrogen-bond acceptors (Lipinski definition) is 4. The van der Waals surface area contributed by atoms with Gasteiger partial charge < -0.3 is 9.50 Å². The zero-order valence-electron chi connectivity index (χ0n) is 11.3. The van der Waals surface area contributed by atoms with Crippen molar-refractivity contribution in [2.24, 2.45) is 5.14 Å². The Morgan fingerprint density at radius 2 is 1.73 bits per heavy atom. The van der Waals surface area contributed by atoms with Gasteiger partial charge in [-0.2, -0.15) is 13.6 Å². The molecular weight excluding hydrogens is 304 g/mol. The molecule has 1 heterocycles. The Morgan fingerprint density at radius 1 is 1.05 bits per heavy atom. The summed E-state index contributed by atoms with van der Waals surface area (Å²) >= 11 is 0. The molecule has 0 aliphatic carbocycles. The van der Waals surface area contributed by atoms with Gasteiger partial charge in [-0.15, -0.1) is 0 Å². The van der Waals surface area contributed by atoms with Gasteiger partial charge in [0, 0.05) is 16.8 Å². The highest BCUT2D eigenvalue weighted by Gasteiger charge is 2.23. The molecule has 3 rings (SSSR count). The molecule has 1 aliphatic rings. The summed E-state index contributed by atoms with van der Waals surface area (Å²) in [5, 5.41) is 7.58. The second-order valence-electron chi connectivity index (χ2n) is 4.70. The smallest absolute Gasteiger partial charge is 0.371 e. The van der Waals surface area contributed by atoms with Gasteiger partial charge in [-0.3, -0.25) is 4.79 Å². The van der Waals surface area contributed by atoms with Gasteiger partial charge in [0.15, 0.2) is 0 Å². The summed E-state index contributed by atoms with van der Waals surface area (Å²) in [6.07, 6.45) is 1.72. The van der Waals surface area contributed by atoms with Crippen LogP contribution in [0.3, 0.4) is 0 Å². The first-order valence-corrected chi connectivity index (χ1v) is 7.84. The molecule has 0 aromatic heterocycles. The fraction of sp³-hybridized carbons (Fsp3) is 0. The van der Waals surface area contributed by atoms with Crippen molar-refractivity contribution in [3.63, 3.8) is 0 Å². The van der Waals surface area contributed by atoms with Crippen LogP contribution in [0.15, 0.2) is 48.5 Å². The van der Waals surface area contributed by atoms with Crippen LogP contribution < -0.4 is 14.6 Å². The van der Waals surface area contributed by atoms with E-state index in [0.717, 1.165) is 16.8 Å². The van der Waals surface area contributed by atoms with Crippen molar-refractivity contribution in [1.29, 1.82) is 0 Å². The van der Waals surface area contributed by atoms with Gasteiger partial charge in [0.1, 0.15) is 5.75 Å². The average Bonchev–Trinajstić information content (AvgIpc) is 2.76. The predicted octanol–water partition coefficient (Wildman–Crippen LogP) is 1.76. The quantitative estimate of drug-likeness (QED) is 0.843. The van der Waals surface area contributed by atoms with Crippen LogP contribution in [0.25, 0.3) is 11.6 Å². The predicted molar refractivity (Wildman–Crippen MR) is 83.1 cm³/mol. The SMILES string of the molecule is NS(=O)(=O)Oc1ccc(/C=C2/C(=O)Nc3ccccc32)cc1. The lowest BCUT2D eigenvalue weighted by atomic mass is 10.0. The van der Waals surface area contributed by atoms with Crippen LogP contribution in [0.5, 0.6) is 5.75 Å². The van der Waals surface area contributed by atoms with Gasteiger partial charge in [0.05, 0.1) is 0 Å². The number of rotatable bonds is 3. The van der Waals surface area contributed by atoms with Gasteiger partial charge >= 0.3 is 10.3 Å². The van der Waals surface area contributed by atoms with Gasteiger partial charge in [-0.05, 0) is 29.8 Å². The molecule has 0 unspecified atom stereocenters. The zero-order chi connectivity index (χ0) is 15.7.